The van der Waals surface area contributed by atoms with Gasteiger partial charge >= 0.3 is 0 Å². The molecule has 1 heterocycles. The number of carbonyl (C=O) groups excluding carboxylic acids is 2. The molecule has 1 saturated heterocycles. The predicted octanol–water partition coefficient (Wildman–Crippen LogP) is 1.03. The van der Waals surface area contributed by atoms with E-state index in [0.29, 0.717) is 13.0 Å². The minimum atomic E-state index is -0.271. The Kier molecular flexibility index (Phi) is 6.74. The van der Waals surface area contributed by atoms with E-state index < -0.39 is 0 Å². The lowest BCUT2D eigenvalue weighted by Crippen LogP contribution is -2.44. The zero-order chi connectivity index (χ0) is 15.8. The summed E-state index contributed by atoms with van der Waals surface area (Å²) in [5.74, 6) is 2.01. The number of hydrogen-bond donors (Lipinski definition) is 2. The first kappa shape index (κ1) is 16.8. The van der Waals surface area contributed by atoms with Crippen molar-refractivity contribution < 1.29 is 9.59 Å². The topological polar surface area (TPSA) is 61.4 Å². The van der Waals surface area contributed by atoms with Crippen molar-refractivity contribution in [1.82, 2.24) is 15.5 Å². The molecule has 1 aliphatic heterocycles. The molecule has 0 spiro atoms. The normalized spacial score (nSPS) is 16.8. The van der Waals surface area contributed by atoms with Gasteiger partial charge in [-0.15, -0.1) is 0 Å². The molecule has 1 aliphatic rings. The Hall–Kier alpha value is -1.53. The summed E-state index contributed by atoms with van der Waals surface area (Å²) < 4.78 is 0. The molecule has 0 saturated carbocycles. The lowest BCUT2D eigenvalue weighted by molar-refractivity contribution is -0.126. The molecule has 0 unspecified atom stereocenters. The summed E-state index contributed by atoms with van der Waals surface area (Å²) in [6.45, 7) is 2.19. The molecular formula is C16H23N3O2S. The second kappa shape index (κ2) is 8.80. The molecule has 2 amide bonds. The molecule has 6 heteroatoms. The van der Waals surface area contributed by atoms with E-state index in [4.69, 9.17) is 0 Å². The SMILES string of the molecule is CNC(=O)CCNC(=O)[C@@H](c1ccccc1)N1CCSCC1. The summed E-state index contributed by atoms with van der Waals surface area (Å²) in [6.07, 6.45) is 0.305. The summed E-state index contributed by atoms with van der Waals surface area (Å²) in [6, 6.07) is 9.58. The van der Waals surface area contributed by atoms with E-state index in [0.717, 1.165) is 30.2 Å². The maximum Gasteiger partial charge on any atom is 0.241 e. The highest BCUT2D eigenvalue weighted by molar-refractivity contribution is 7.99. The molecule has 1 aromatic rings. The van der Waals surface area contributed by atoms with Crippen LogP contribution in [0, 0.1) is 0 Å². The summed E-state index contributed by atoms with van der Waals surface area (Å²) >= 11 is 1.92. The third-order valence-electron chi connectivity index (χ3n) is 3.70. The molecule has 2 rings (SSSR count). The quantitative estimate of drug-likeness (QED) is 0.821. The van der Waals surface area contributed by atoms with Crippen molar-refractivity contribution in [3.8, 4) is 0 Å². The minimum Gasteiger partial charge on any atom is -0.359 e. The van der Waals surface area contributed by atoms with Crippen molar-refractivity contribution in [2.75, 3.05) is 38.2 Å². The van der Waals surface area contributed by atoms with Crippen LogP contribution in [0.25, 0.3) is 0 Å². The monoisotopic (exact) mass is 321 g/mol. The molecule has 0 bridgehead atoms. The Balaban J connectivity index is 2.03. The Morgan fingerprint density at radius 1 is 1.23 bits per heavy atom. The van der Waals surface area contributed by atoms with E-state index in [1.807, 2.05) is 42.1 Å². The third kappa shape index (κ3) is 4.74. The van der Waals surface area contributed by atoms with Crippen LogP contribution in [0.2, 0.25) is 0 Å². The van der Waals surface area contributed by atoms with Crippen LogP contribution in [-0.2, 0) is 9.59 Å². The van der Waals surface area contributed by atoms with Crippen molar-refractivity contribution >= 4 is 23.6 Å². The Morgan fingerprint density at radius 2 is 1.91 bits per heavy atom. The lowest BCUT2D eigenvalue weighted by atomic mass is 10.0. The molecule has 2 N–H and O–H groups in total. The summed E-state index contributed by atoms with van der Waals surface area (Å²) in [5.41, 5.74) is 1.01. The van der Waals surface area contributed by atoms with Crippen LogP contribution in [0.15, 0.2) is 30.3 Å². The van der Waals surface area contributed by atoms with Gasteiger partial charge in [0.25, 0.3) is 0 Å². The Labute approximate surface area is 135 Å². The third-order valence-corrected chi connectivity index (χ3v) is 4.65. The number of thioether (sulfide) groups is 1. The number of nitrogens with one attached hydrogen (secondary N) is 2. The van der Waals surface area contributed by atoms with Gasteiger partial charge in [0.15, 0.2) is 0 Å². The molecule has 5 nitrogen and oxygen atoms in total. The van der Waals surface area contributed by atoms with E-state index in [1.54, 1.807) is 7.05 Å². The number of hydrogen-bond acceptors (Lipinski definition) is 4. The van der Waals surface area contributed by atoms with Crippen LogP contribution in [0.5, 0.6) is 0 Å². The average Bonchev–Trinajstić information content (AvgIpc) is 2.57. The Morgan fingerprint density at radius 3 is 2.55 bits per heavy atom. The van der Waals surface area contributed by atoms with Crippen molar-refractivity contribution in [3.05, 3.63) is 35.9 Å². The Bertz CT molecular complexity index is 489. The number of amides is 2. The van der Waals surface area contributed by atoms with Gasteiger partial charge in [0.1, 0.15) is 6.04 Å². The van der Waals surface area contributed by atoms with Gasteiger partial charge in [0.2, 0.25) is 11.8 Å². The molecule has 1 atom stereocenters. The minimum absolute atomic E-state index is 0.0259. The van der Waals surface area contributed by atoms with E-state index in [1.165, 1.54) is 0 Å². The van der Waals surface area contributed by atoms with Crippen molar-refractivity contribution in [2.24, 2.45) is 0 Å². The number of benzene rings is 1. The number of rotatable bonds is 6. The molecule has 120 valence electrons. The van der Waals surface area contributed by atoms with Gasteiger partial charge in [0, 0.05) is 44.6 Å². The fraction of sp³-hybridized carbons (Fsp3) is 0.500. The smallest absolute Gasteiger partial charge is 0.241 e. The fourth-order valence-electron chi connectivity index (χ4n) is 2.52. The van der Waals surface area contributed by atoms with Crippen LogP contribution in [0.3, 0.4) is 0 Å². The summed E-state index contributed by atoms with van der Waals surface area (Å²) in [4.78, 5) is 26.1. The molecule has 22 heavy (non-hydrogen) atoms. The molecule has 1 fully saturated rings. The maximum absolute atomic E-state index is 12.6. The second-order valence-corrected chi connectivity index (χ2v) is 6.40. The fourth-order valence-corrected chi connectivity index (χ4v) is 3.45. The summed E-state index contributed by atoms with van der Waals surface area (Å²) in [5, 5.41) is 5.46. The molecule has 0 aliphatic carbocycles. The maximum atomic E-state index is 12.6. The van der Waals surface area contributed by atoms with E-state index in [-0.39, 0.29) is 17.9 Å². The highest BCUT2D eigenvalue weighted by Gasteiger charge is 2.28. The van der Waals surface area contributed by atoms with Crippen molar-refractivity contribution in [2.45, 2.75) is 12.5 Å². The van der Waals surface area contributed by atoms with Crippen LogP contribution in [0.1, 0.15) is 18.0 Å². The lowest BCUT2D eigenvalue weighted by Gasteiger charge is -2.33. The molecule has 0 aromatic heterocycles. The first-order valence-electron chi connectivity index (χ1n) is 7.57. The largest absolute Gasteiger partial charge is 0.359 e. The van der Waals surface area contributed by atoms with Crippen LogP contribution in [-0.4, -0.2) is 54.9 Å². The van der Waals surface area contributed by atoms with Crippen LogP contribution >= 0.6 is 11.8 Å². The van der Waals surface area contributed by atoms with Crippen LogP contribution in [0.4, 0.5) is 0 Å². The van der Waals surface area contributed by atoms with Gasteiger partial charge in [-0.2, -0.15) is 11.8 Å². The zero-order valence-electron chi connectivity index (χ0n) is 12.9. The van der Waals surface area contributed by atoms with Gasteiger partial charge in [0.05, 0.1) is 0 Å². The van der Waals surface area contributed by atoms with Gasteiger partial charge in [-0.1, -0.05) is 30.3 Å². The predicted molar refractivity (Wildman–Crippen MR) is 89.8 cm³/mol. The van der Waals surface area contributed by atoms with Crippen molar-refractivity contribution in [3.63, 3.8) is 0 Å². The van der Waals surface area contributed by atoms with Crippen LogP contribution < -0.4 is 10.6 Å². The number of carbonyl (C=O) groups is 2. The first-order valence-corrected chi connectivity index (χ1v) is 8.73. The average molecular weight is 321 g/mol. The van der Waals surface area contributed by atoms with E-state index >= 15 is 0 Å². The van der Waals surface area contributed by atoms with Gasteiger partial charge < -0.3 is 10.6 Å². The second-order valence-electron chi connectivity index (χ2n) is 5.18. The van der Waals surface area contributed by atoms with E-state index in [9.17, 15) is 9.59 Å². The van der Waals surface area contributed by atoms with Gasteiger partial charge in [-0.3, -0.25) is 14.5 Å². The van der Waals surface area contributed by atoms with Gasteiger partial charge in [-0.25, -0.2) is 0 Å². The molecule has 0 radical (unpaired) electrons. The standard InChI is InChI=1S/C16H23N3O2S/c1-17-14(20)7-8-18-16(21)15(13-5-3-2-4-6-13)19-9-11-22-12-10-19/h2-6,15H,7-12H2,1H3,(H,17,20)(H,18,21)/t15-/m1/s1. The van der Waals surface area contributed by atoms with E-state index in [2.05, 4.69) is 15.5 Å². The molecular weight excluding hydrogens is 298 g/mol. The highest BCUT2D eigenvalue weighted by Crippen LogP contribution is 2.24. The number of nitrogens with zero attached hydrogens (tertiary/aromatic N) is 1. The highest BCUT2D eigenvalue weighted by atomic mass is 32.2. The first-order chi connectivity index (χ1) is 10.7. The van der Waals surface area contributed by atoms with Crippen molar-refractivity contribution in [1.29, 1.82) is 0 Å². The zero-order valence-corrected chi connectivity index (χ0v) is 13.7. The molecule has 1 aromatic carbocycles. The summed E-state index contributed by atoms with van der Waals surface area (Å²) in [7, 11) is 1.60. The van der Waals surface area contributed by atoms with Gasteiger partial charge in [-0.05, 0) is 5.56 Å².